The second-order valence-corrected chi connectivity index (χ2v) is 8.33. The lowest BCUT2D eigenvalue weighted by Crippen LogP contribution is -2.25. The van der Waals surface area contributed by atoms with Gasteiger partial charge in [0, 0.05) is 28.9 Å². The van der Waals surface area contributed by atoms with E-state index >= 15 is 0 Å². The Kier molecular flexibility index (Phi) is 4.77. The van der Waals surface area contributed by atoms with Crippen molar-refractivity contribution in [2.75, 3.05) is 18.0 Å². The third-order valence-corrected chi connectivity index (χ3v) is 4.43. The van der Waals surface area contributed by atoms with Gasteiger partial charge in [0.1, 0.15) is 5.82 Å². The number of nitrogens with zero attached hydrogens (tertiary/aromatic N) is 2. The second kappa shape index (κ2) is 6.17. The Morgan fingerprint density at radius 2 is 1.74 bits per heavy atom. The monoisotopic (exact) mass is 278 g/mol. The van der Waals surface area contributed by atoms with Crippen LogP contribution in [0.3, 0.4) is 0 Å². The quantitative estimate of drug-likeness (QED) is 0.732. The van der Waals surface area contributed by atoms with E-state index in [1.165, 1.54) is 55.0 Å². The van der Waals surface area contributed by atoms with Crippen LogP contribution >= 0.6 is 11.8 Å². The molecule has 3 heteroatoms. The van der Waals surface area contributed by atoms with E-state index in [-0.39, 0.29) is 4.75 Å². The fourth-order valence-electron chi connectivity index (χ4n) is 2.56. The van der Waals surface area contributed by atoms with Gasteiger partial charge in [0.05, 0.1) is 0 Å². The molecule has 0 radical (unpaired) electrons. The number of aromatic nitrogens is 1. The lowest BCUT2D eigenvalue weighted by atomic mass is 10.2. The number of pyridine rings is 1. The van der Waals surface area contributed by atoms with Crippen molar-refractivity contribution >= 4 is 17.6 Å². The minimum atomic E-state index is 0.248. The van der Waals surface area contributed by atoms with Crippen LogP contribution in [0.1, 0.15) is 52.0 Å². The summed E-state index contributed by atoms with van der Waals surface area (Å²) in [5, 5.41) is 0. The molecule has 2 rings (SSSR count). The highest BCUT2D eigenvalue weighted by molar-refractivity contribution is 8.00. The molecule has 1 aliphatic heterocycles. The first kappa shape index (κ1) is 14.7. The van der Waals surface area contributed by atoms with Gasteiger partial charge in [-0.15, -0.1) is 11.8 Å². The molecule has 0 amide bonds. The maximum atomic E-state index is 4.73. The summed E-state index contributed by atoms with van der Waals surface area (Å²) >= 11 is 1.89. The van der Waals surface area contributed by atoms with Gasteiger partial charge in [0.25, 0.3) is 0 Å². The van der Waals surface area contributed by atoms with Crippen LogP contribution in [0.25, 0.3) is 0 Å². The van der Waals surface area contributed by atoms with Gasteiger partial charge < -0.3 is 4.90 Å². The van der Waals surface area contributed by atoms with Gasteiger partial charge in [-0.25, -0.2) is 4.98 Å². The minimum absolute atomic E-state index is 0.248. The highest BCUT2D eigenvalue weighted by atomic mass is 32.2. The second-order valence-electron chi connectivity index (χ2n) is 6.43. The topological polar surface area (TPSA) is 16.1 Å². The Morgan fingerprint density at radius 1 is 1.11 bits per heavy atom. The Morgan fingerprint density at radius 3 is 2.26 bits per heavy atom. The van der Waals surface area contributed by atoms with Gasteiger partial charge in [-0.1, -0.05) is 33.6 Å². The average molecular weight is 278 g/mol. The maximum Gasteiger partial charge on any atom is 0.131 e. The smallest absolute Gasteiger partial charge is 0.131 e. The van der Waals surface area contributed by atoms with Crippen LogP contribution in [0, 0.1) is 6.92 Å². The van der Waals surface area contributed by atoms with Gasteiger partial charge in [-0.3, -0.25) is 0 Å². The fraction of sp³-hybridized carbons (Fsp3) is 0.688. The highest BCUT2D eigenvalue weighted by Gasteiger charge is 2.16. The van der Waals surface area contributed by atoms with Crippen molar-refractivity contribution in [3.05, 3.63) is 17.8 Å². The van der Waals surface area contributed by atoms with E-state index in [1.807, 2.05) is 18.0 Å². The molecule has 0 N–H and O–H groups in total. The van der Waals surface area contributed by atoms with Crippen LogP contribution < -0.4 is 4.90 Å². The number of hydrogen-bond acceptors (Lipinski definition) is 3. The molecular weight excluding hydrogens is 252 g/mol. The molecule has 0 saturated carbocycles. The van der Waals surface area contributed by atoms with Gasteiger partial charge in [0.15, 0.2) is 0 Å². The molecule has 1 saturated heterocycles. The zero-order valence-electron chi connectivity index (χ0n) is 12.7. The third kappa shape index (κ3) is 4.41. The van der Waals surface area contributed by atoms with Crippen LogP contribution in [0.15, 0.2) is 17.2 Å². The standard InChI is InChI=1S/C16H26N2S/c1-13-11-14(19-16(2,3)4)12-17-15(13)18-9-7-5-6-8-10-18/h11-12H,5-10H2,1-4H3. The van der Waals surface area contributed by atoms with E-state index in [1.54, 1.807) is 0 Å². The highest BCUT2D eigenvalue weighted by Crippen LogP contribution is 2.33. The summed E-state index contributed by atoms with van der Waals surface area (Å²) in [6.45, 7) is 11.3. The summed E-state index contributed by atoms with van der Waals surface area (Å²) in [6.07, 6.45) is 7.39. The summed E-state index contributed by atoms with van der Waals surface area (Å²) < 4.78 is 0.248. The van der Waals surface area contributed by atoms with Crippen LogP contribution in [0.4, 0.5) is 5.82 Å². The Hall–Kier alpha value is -0.700. The first-order valence-electron chi connectivity index (χ1n) is 7.36. The van der Waals surface area contributed by atoms with E-state index < -0.39 is 0 Å². The number of thioether (sulfide) groups is 1. The van der Waals surface area contributed by atoms with Crippen molar-refractivity contribution in [1.82, 2.24) is 4.98 Å². The molecule has 1 aliphatic rings. The molecule has 0 bridgehead atoms. The molecule has 1 fully saturated rings. The van der Waals surface area contributed by atoms with Crippen LogP contribution in [-0.2, 0) is 0 Å². The third-order valence-electron chi connectivity index (χ3n) is 3.36. The first-order chi connectivity index (χ1) is 8.96. The van der Waals surface area contributed by atoms with Crippen molar-refractivity contribution in [3.8, 4) is 0 Å². The summed E-state index contributed by atoms with van der Waals surface area (Å²) in [6, 6.07) is 2.29. The molecule has 1 aromatic heterocycles. The molecule has 0 aromatic carbocycles. The van der Waals surface area contributed by atoms with Crippen LogP contribution in [-0.4, -0.2) is 22.8 Å². The molecule has 0 spiro atoms. The number of hydrogen-bond donors (Lipinski definition) is 0. The predicted octanol–water partition coefficient (Wildman–Crippen LogP) is 4.66. The largest absolute Gasteiger partial charge is 0.356 e. The summed E-state index contributed by atoms with van der Waals surface area (Å²) in [5.74, 6) is 1.19. The summed E-state index contributed by atoms with van der Waals surface area (Å²) in [5.41, 5.74) is 1.32. The van der Waals surface area contributed by atoms with Crippen molar-refractivity contribution < 1.29 is 0 Å². The fourth-order valence-corrected chi connectivity index (χ4v) is 3.61. The predicted molar refractivity (Wildman–Crippen MR) is 85.3 cm³/mol. The zero-order valence-corrected chi connectivity index (χ0v) is 13.5. The van der Waals surface area contributed by atoms with Crippen LogP contribution in [0.2, 0.25) is 0 Å². The van der Waals surface area contributed by atoms with E-state index in [0.29, 0.717) is 0 Å². The van der Waals surface area contributed by atoms with E-state index in [9.17, 15) is 0 Å². The van der Waals surface area contributed by atoms with Gasteiger partial charge >= 0.3 is 0 Å². The minimum Gasteiger partial charge on any atom is -0.356 e. The normalized spacial score (nSPS) is 17.4. The molecule has 0 aliphatic carbocycles. The van der Waals surface area contributed by atoms with E-state index in [0.717, 1.165) is 0 Å². The average Bonchev–Trinajstić information content (AvgIpc) is 2.55. The molecular formula is C16H26N2S. The van der Waals surface area contributed by atoms with Crippen molar-refractivity contribution in [2.24, 2.45) is 0 Å². The van der Waals surface area contributed by atoms with Crippen LogP contribution in [0.5, 0.6) is 0 Å². The number of aryl methyl sites for hydroxylation is 1. The van der Waals surface area contributed by atoms with Crippen molar-refractivity contribution in [2.45, 2.75) is 63.0 Å². The zero-order chi connectivity index (χ0) is 13.9. The Labute approximate surface area is 122 Å². The van der Waals surface area contributed by atoms with Gasteiger partial charge in [0.2, 0.25) is 0 Å². The Bertz CT molecular complexity index is 415. The molecule has 0 unspecified atom stereocenters. The lowest BCUT2D eigenvalue weighted by molar-refractivity contribution is 0.726. The molecule has 106 valence electrons. The SMILES string of the molecule is Cc1cc(SC(C)(C)C)cnc1N1CCCCCC1. The molecule has 0 atom stereocenters. The lowest BCUT2D eigenvalue weighted by Gasteiger charge is -2.24. The molecule has 1 aromatic rings. The van der Waals surface area contributed by atoms with E-state index in [2.05, 4.69) is 38.7 Å². The van der Waals surface area contributed by atoms with Crippen molar-refractivity contribution in [1.29, 1.82) is 0 Å². The molecule has 2 nitrogen and oxygen atoms in total. The Balaban J connectivity index is 2.14. The van der Waals surface area contributed by atoms with E-state index in [4.69, 9.17) is 4.98 Å². The number of anilines is 1. The molecule has 19 heavy (non-hydrogen) atoms. The maximum absolute atomic E-state index is 4.73. The van der Waals surface area contributed by atoms with Gasteiger partial charge in [-0.05, 0) is 31.4 Å². The summed E-state index contributed by atoms with van der Waals surface area (Å²) in [4.78, 5) is 8.48. The molecule has 2 heterocycles. The summed E-state index contributed by atoms with van der Waals surface area (Å²) in [7, 11) is 0. The van der Waals surface area contributed by atoms with Crippen molar-refractivity contribution in [3.63, 3.8) is 0 Å². The first-order valence-corrected chi connectivity index (χ1v) is 8.18. The van der Waals surface area contributed by atoms with Gasteiger partial charge in [-0.2, -0.15) is 0 Å². The number of rotatable bonds is 2.